The molecule has 2 atom stereocenters. The number of hydrogen-bond donors (Lipinski definition) is 2. The van der Waals surface area contributed by atoms with Crippen LogP contribution in [0.1, 0.15) is 20.8 Å². The van der Waals surface area contributed by atoms with Gasteiger partial charge in [0.15, 0.2) is 6.29 Å². The van der Waals surface area contributed by atoms with E-state index in [0.29, 0.717) is 0 Å². The Balaban J connectivity index is 3.85. The topological polar surface area (TPSA) is 66.8 Å². The zero-order chi connectivity index (χ0) is 8.36. The monoisotopic (exact) mass is 168 g/mol. The second-order valence-electron chi connectivity index (χ2n) is 3.03. The van der Waals surface area contributed by atoms with E-state index in [1.807, 2.05) is 0 Å². The fourth-order valence-corrected chi connectivity index (χ4v) is 0.667. The van der Waals surface area contributed by atoms with Gasteiger partial charge < -0.3 is 5.11 Å². The summed E-state index contributed by atoms with van der Waals surface area (Å²) in [5.41, 5.74) is -0.529. The van der Waals surface area contributed by atoms with E-state index in [-0.39, 0.29) is 0 Å². The lowest BCUT2D eigenvalue weighted by molar-refractivity contribution is -0.0897. The Morgan fingerprint density at radius 2 is 1.90 bits per heavy atom. The maximum Gasteiger partial charge on any atom is 0.304 e. The van der Waals surface area contributed by atoms with Crippen molar-refractivity contribution in [3.05, 3.63) is 0 Å². The van der Waals surface area contributed by atoms with Crippen LogP contribution in [0.5, 0.6) is 0 Å². The van der Waals surface area contributed by atoms with Gasteiger partial charge in [0, 0.05) is 5.41 Å². The largest absolute Gasteiger partial charge is 0.366 e. The molecule has 0 aliphatic carbocycles. The van der Waals surface area contributed by atoms with E-state index in [0.717, 1.165) is 0 Å². The summed E-state index contributed by atoms with van der Waals surface area (Å²) in [6.45, 7) is 5.10. The smallest absolute Gasteiger partial charge is 0.304 e. The fraction of sp³-hybridized carbons (Fsp3) is 1.00. The van der Waals surface area contributed by atoms with Gasteiger partial charge in [0.2, 0.25) is 0 Å². The summed E-state index contributed by atoms with van der Waals surface area (Å²) >= 11 is -2.39. The van der Waals surface area contributed by atoms with Gasteiger partial charge in [-0.05, 0) is 0 Å². The molecule has 0 heterocycles. The van der Waals surface area contributed by atoms with Crippen molar-refractivity contribution in [1.82, 2.24) is 0 Å². The molecule has 0 spiro atoms. The van der Waals surface area contributed by atoms with Gasteiger partial charge in [-0.1, -0.05) is 20.8 Å². The third-order valence-corrected chi connectivity index (χ3v) is 1.26. The first-order valence-electron chi connectivity index (χ1n) is 2.80. The van der Waals surface area contributed by atoms with Crippen LogP contribution in [0.3, 0.4) is 0 Å². The number of hydrogen-bond acceptors (Lipinski definition) is 3. The summed E-state index contributed by atoms with van der Waals surface area (Å²) in [6.07, 6.45) is -1.21. The molecule has 62 valence electrons. The first-order valence-corrected chi connectivity index (χ1v) is 3.83. The molecule has 2 unspecified atom stereocenters. The summed E-state index contributed by atoms with van der Waals surface area (Å²) in [6, 6.07) is 0. The summed E-state index contributed by atoms with van der Waals surface area (Å²) in [5, 5.41) is 8.98. The second-order valence-corrected chi connectivity index (χ2v) is 3.66. The first kappa shape index (κ1) is 10.0. The molecule has 0 fully saturated rings. The molecule has 5 heteroatoms. The molecule has 0 aromatic heterocycles. The van der Waals surface area contributed by atoms with Gasteiger partial charge in [-0.15, -0.1) is 0 Å². The molecule has 0 bridgehead atoms. The molecule has 4 nitrogen and oxygen atoms in total. The van der Waals surface area contributed by atoms with E-state index in [2.05, 4.69) is 4.18 Å². The number of rotatable bonds is 2. The van der Waals surface area contributed by atoms with Crippen molar-refractivity contribution >= 4 is 11.4 Å². The summed E-state index contributed by atoms with van der Waals surface area (Å²) in [5.74, 6) is 0. The highest BCUT2D eigenvalue weighted by Gasteiger charge is 2.24. The minimum Gasteiger partial charge on any atom is -0.366 e. The molecule has 2 N–H and O–H groups in total. The third kappa shape index (κ3) is 3.94. The lowest BCUT2D eigenvalue weighted by Gasteiger charge is -2.23. The average molecular weight is 168 g/mol. The van der Waals surface area contributed by atoms with Crippen molar-refractivity contribution in [2.75, 3.05) is 0 Å². The second kappa shape index (κ2) is 3.43. The van der Waals surface area contributed by atoms with Gasteiger partial charge in [-0.25, -0.2) is 4.18 Å². The quantitative estimate of drug-likeness (QED) is 0.465. The molecular weight excluding hydrogens is 156 g/mol. The standard InChI is InChI=1S/C5H12O4S/c1-5(2,3)4(6)9-10(7)8/h4,6H,1-3H3,(H,7,8). The van der Waals surface area contributed by atoms with E-state index in [9.17, 15) is 4.21 Å². The molecule has 0 aromatic carbocycles. The molecule has 0 saturated carbocycles. The van der Waals surface area contributed by atoms with Crippen molar-refractivity contribution in [2.24, 2.45) is 5.41 Å². The van der Waals surface area contributed by atoms with E-state index < -0.39 is 23.1 Å². The Bertz CT molecular complexity index is 128. The van der Waals surface area contributed by atoms with Crippen molar-refractivity contribution in [1.29, 1.82) is 0 Å². The Morgan fingerprint density at radius 3 is 2.00 bits per heavy atom. The Kier molecular flexibility index (Phi) is 3.44. The molecule has 0 aromatic rings. The van der Waals surface area contributed by atoms with Crippen LogP contribution < -0.4 is 0 Å². The number of aliphatic hydroxyl groups excluding tert-OH is 1. The van der Waals surface area contributed by atoms with Crippen LogP contribution in [0.25, 0.3) is 0 Å². The van der Waals surface area contributed by atoms with Crippen molar-refractivity contribution < 1.29 is 18.1 Å². The first-order chi connectivity index (χ1) is 4.34. The van der Waals surface area contributed by atoms with E-state index in [4.69, 9.17) is 9.66 Å². The van der Waals surface area contributed by atoms with Crippen molar-refractivity contribution in [3.63, 3.8) is 0 Å². The highest BCUT2D eigenvalue weighted by Crippen LogP contribution is 2.19. The van der Waals surface area contributed by atoms with Crippen molar-refractivity contribution in [2.45, 2.75) is 27.1 Å². The number of aliphatic hydroxyl groups is 1. The molecule has 0 aliphatic rings. The van der Waals surface area contributed by atoms with Gasteiger partial charge in [0.05, 0.1) is 0 Å². The lowest BCUT2D eigenvalue weighted by atomic mass is 9.96. The van der Waals surface area contributed by atoms with Gasteiger partial charge in [-0.3, -0.25) is 4.55 Å². The van der Waals surface area contributed by atoms with Gasteiger partial charge >= 0.3 is 11.4 Å². The zero-order valence-electron chi connectivity index (χ0n) is 6.20. The molecule has 0 amide bonds. The van der Waals surface area contributed by atoms with E-state index >= 15 is 0 Å². The van der Waals surface area contributed by atoms with Gasteiger partial charge in [-0.2, -0.15) is 4.21 Å². The molecule has 0 saturated heterocycles. The highest BCUT2D eigenvalue weighted by molar-refractivity contribution is 7.74. The normalized spacial score (nSPS) is 18.5. The van der Waals surface area contributed by atoms with E-state index in [1.54, 1.807) is 20.8 Å². The average Bonchev–Trinajstić information content (AvgIpc) is 1.60. The Hall–Kier alpha value is 0.0300. The predicted molar refractivity (Wildman–Crippen MR) is 37.3 cm³/mol. The molecule has 0 aliphatic heterocycles. The van der Waals surface area contributed by atoms with Crippen molar-refractivity contribution in [3.8, 4) is 0 Å². The van der Waals surface area contributed by atoms with Crippen LogP contribution >= 0.6 is 0 Å². The van der Waals surface area contributed by atoms with Crippen LogP contribution in [-0.4, -0.2) is 20.2 Å². The SMILES string of the molecule is CC(C)(C)C(O)OS(=O)O. The lowest BCUT2D eigenvalue weighted by Crippen LogP contribution is -2.29. The fourth-order valence-electron chi connectivity index (χ4n) is 0.222. The van der Waals surface area contributed by atoms with Crippen LogP contribution in [-0.2, 0) is 15.5 Å². The molecule has 0 radical (unpaired) electrons. The van der Waals surface area contributed by atoms with Crippen LogP contribution in [0, 0.1) is 5.41 Å². The van der Waals surface area contributed by atoms with Gasteiger partial charge in [0.1, 0.15) is 0 Å². The third-order valence-electron chi connectivity index (χ3n) is 0.914. The minimum absolute atomic E-state index is 0.529. The van der Waals surface area contributed by atoms with Gasteiger partial charge in [0.25, 0.3) is 0 Å². The molecular formula is C5H12O4S. The summed E-state index contributed by atoms with van der Waals surface area (Å²) in [7, 11) is 0. The Morgan fingerprint density at radius 1 is 1.50 bits per heavy atom. The molecule has 0 rings (SSSR count). The summed E-state index contributed by atoms with van der Waals surface area (Å²) < 4.78 is 22.4. The Labute approximate surface area is 62.7 Å². The van der Waals surface area contributed by atoms with Crippen LogP contribution in [0.4, 0.5) is 0 Å². The minimum atomic E-state index is -2.39. The predicted octanol–water partition coefficient (Wildman–Crippen LogP) is 0.504. The van der Waals surface area contributed by atoms with Crippen LogP contribution in [0.2, 0.25) is 0 Å². The molecule has 10 heavy (non-hydrogen) atoms. The zero-order valence-corrected chi connectivity index (χ0v) is 7.01. The maximum absolute atomic E-state index is 9.99. The maximum atomic E-state index is 9.99. The van der Waals surface area contributed by atoms with Crippen LogP contribution in [0.15, 0.2) is 0 Å². The highest BCUT2D eigenvalue weighted by atomic mass is 32.2. The van der Waals surface area contributed by atoms with E-state index in [1.165, 1.54) is 0 Å². The summed E-state index contributed by atoms with van der Waals surface area (Å²) in [4.78, 5) is 0.